The molecule has 0 bridgehead atoms. The summed E-state index contributed by atoms with van der Waals surface area (Å²) < 4.78 is 16.6. The number of hydrogen-bond donors (Lipinski definition) is 1. The van der Waals surface area contributed by atoms with Crippen molar-refractivity contribution in [2.45, 2.75) is 83.4 Å². The minimum Gasteiger partial charge on any atom is -0.390 e. The predicted molar refractivity (Wildman–Crippen MR) is 88.1 cm³/mol. The lowest BCUT2D eigenvalue weighted by atomic mass is 9.42. The Morgan fingerprint density at radius 3 is 2.42 bits per heavy atom. The molecular weight excluding hydrogens is 307 g/mol. The third-order valence-corrected chi connectivity index (χ3v) is 8.88. The minimum absolute atomic E-state index is 0.00443. The number of carbonyl (C=O) groups is 2. The van der Waals surface area contributed by atoms with Crippen LogP contribution in [0, 0.1) is 28.6 Å². The van der Waals surface area contributed by atoms with E-state index < -0.39 is 22.1 Å². The molecule has 2 unspecified atom stereocenters. The van der Waals surface area contributed by atoms with Crippen LogP contribution < -0.4 is 0 Å². The van der Waals surface area contributed by atoms with Crippen molar-refractivity contribution in [3.8, 4) is 0 Å². The van der Waals surface area contributed by atoms with Crippen molar-refractivity contribution < 1.29 is 19.1 Å². The number of hydrogen-bond acceptors (Lipinski definition) is 3. The molecule has 3 nitrogen and oxygen atoms in total. The fourth-order valence-electron chi connectivity index (χ4n) is 6.98. The summed E-state index contributed by atoms with van der Waals surface area (Å²) in [5.74, 6) is -0.334. The fraction of sp³-hybridized carbons (Fsp3) is 0.900. The van der Waals surface area contributed by atoms with Crippen LogP contribution in [0.2, 0.25) is 0 Å². The lowest BCUT2D eigenvalue weighted by Gasteiger charge is -2.62. The highest BCUT2D eigenvalue weighted by molar-refractivity contribution is 5.91. The zero-order valence-corrected chi connectivity index (χ0v) is 15.0. The molecule has 7 atom stereocenters. The van der Waals surface area contributed by atoms with Gasteiger partial charge >= 0.3 is 0 Å². The zero-order chi connectivity index (χ0) is 17.5. The van der Waals surface area contributed by atoms with Gasteiger partial charge in [-0.15, -0.1) is 0 Å². The Hall–Kier alpha value is -0.770. The van der Waals surface area contributed by atoms with Crippen molar-refractivity contribution in [3.63, 3.8) is 0 Å². The zero-order valence-electron chi connectivity index (χ0n) is 15.0. The lowest BCUT2D eigenvalue weighted by molar-refractivity contribution is -0.205. The van der Waals surface area contributed by atoms with Gasteiger partial charge in [0.15, 0.2) is 11.5 Å². The molecule has 4 saturated carbocycles. The van der Waals surface area contributed by atoms with Crippen LogP contribution in [0.25, 0.3) is 0 Å². The molecule has 4 rings (SSSR count). The van der Waals surface area contributed by atoms with E-state index in [4.69, 9.17) is 0 Å². The Morgan fingerprint density at radius 1 is 1.00 bits per heavy atom. The topological polar surface area (TPSA) is 54.4 Å². The van der Waals surface area contributed by atoms with Gasteiger partial charge in [-0.2, -0.15) is 0 Å². The van der Waals surface area contributed by atoms with Crippen LogP contribution in [0.5, 0.6) is 0 Å². The molecule has 0 aromatic rings. The second-order valence-electron chi connectivity index (χ2n) is 9.69. The van der Waals surface area contributed by atoms with Crippen molar-refractivity contribution in [3.05, 3.63) is 0 Å². The molecule has 0 spiro atoms. The molecule has 0 heterocycles. The summed E-state index contributed by atoms with van der Waals surface area (Å²) in [6.45, 7) is 5.73. The van der Waals surface area contributed by atoms with Crippen molar-refractivity contribution >= 4 is 11.6 Å². The predicted octanol–water partition coefficient (Wildman–Crippen LogP) is 3.62. The highest BCUT2D eigenvalue weighted by Crippen LogP contribution is 2.69. The maximum atomic E-state index is 16.6. The van der Waals surface area contributed by atoms with Gasteiger partial charge in [0, 0.05) is 36.0 Å². The van der Waals surface area contributed by atoms with Gasteiger partial charge in [0.1, 0.15) is 5.78 Å². The maximum absolute atomic E-state index is 16.6. The van der Waals surface area contributed by atoms with E-state index in [0.29, 0.717) is 32.1 Å². The lowest BCUT2D eigenvalue weighted by Crippen LogP contribution is -2.68. The second kappa shape index (κ2) is 4.69. The maximum Gasteiger partial charge on any atom is 0.177 e. The molecule has 0 saturated heterocycles. The molecule has 0 aromatic carbocycles. The van der Waals surface area contributed by atoms with Gasteiger partial charge in [0.2, 0.25) is 0 Å². The number of carbonyl (C=O) groups excluding carboxylic acids is 2. The number of alkyl halides is 1. The number of rotatable bonds is 0. The molecule has 1 N–H and O–H groups in total. The second-order valence-corrected chi connectivity index (χ2v) is 9.69. The van der Waals surface area contributed by atoms with Gasteiger partial charge in [-0.05, 0) is 50.9 Å². The average molecular weight is 336 g/mol. The van der Waals surface area contributed by atoms with E-state index in [1.165, 1.54) is 0 Å². The summed E-state index contributed by atoms with van der Waals surface area (Å²) in [4.78, 5) is 25.0. The van der Waals surface area contributed by atoms with E-state index in [1.807, 2.05) is 20.8 Å². The normalized spacial score (nSPS) is 57.3. The monoisotopic (exact) mass is 336 g/mol. The molecule has 0 radical (unpaired) electrons. The molecule has 24 heavy (non-hydrogen) atoms. The molecule has 4 aliphatic carbocycles. The molecule has 0 aliphatic heterocycles. The minimum atomic E-state index is -1.82. The Kier molecular flexibility index (Phi) is 3.26. The smallest absolute Gasteiger partial charge is 0.177 e. The number of halogens is 1. The first-order valence-electron chi connectivity index (χ1n) is 9.52. The van der Waals surface area contributed by atoms with Crippen LogP contribution in [0.4, 0.5) is 4.39 Å². The standard InChI is InChI=1S/C20H29FO3/c1-17-8-6-13(22)10-12(17)4-5-15-14-7-9-19(3,24)18(14,2)11-16(23)20(15,17)21/h12,14-15,24H,4-11H2,1-3H3/t12?,14-,15-,17-,18-,19?,20+/m0/s1. The van der Waals surface area contributed by atoms with E-state index in [9.17, 15) is 14.7 Å². The van der Waals surface area contributed by atoms with E-state index in [1.54, 1.807) is 0 Å². The van der Waals surface area contributed by atoms with Crippen LogP contribution in [0.3, 0.4) is 0 Å². The van der Waals surface area contributed by atoms with Gasteiger partial charge in [0.25, 0.3) is 0 Å². The van der Waals surface area contributed by atoms with Crippen LogP contribution >= 0.6 is 0 Å². The largest absolute Gasteiger partial charge is 0.390 e. The molecule has 4 fully saturated rings. The van der Waals surface area contributed by atoms with Crippen LogP contribution in [-0.2, 0) is 9.59 Å². The van der Waals surface area contributed by atoms with E-state index in [-0.39, 0.29) is 35.7 Å². The summed E-state index contributed by atoms with van der Waals surface area (Å²) in [5.41, 5.74) is -3.94. The SMILES string of the molecule is CC1(O)CC[C@H]2[C@@H]3CCC4CC(=O)CC[C@]4(C)[C@]3(F)C(=O)C[C@@]21C. The van der Waals surface area contributed by atoms with Crippen LogP contribution in [0.15, 0.2) is 0 Å². The van der Waals surface area contributed by atoms with E-state index in [2.05, 4.69) is 0 Å². The summed E-state index contributed by atoms with van der Waals surface area (Å²) in [6.07, 6.45) is 4.41. The van der Waals surface area contributed by atoms with Crippen molar-refractivity contribution in [1.29, 1.82) is 0 Å². The summed E-state index contributed by atoms with van der Waals surface area (Å²) >= 11 is 0. The summed E-state index contributed by atoms with van der Waals surface area (Å²) in [7, 11) is 0. The van der Waals surface area contributed by atoms with Gasteiger partial charge in [-0.3, -0.25) is 9.59 Å². The van der Waals surface area contributed by atoms with Gasteiger partial charge < -0.3 is 5.11 Å². The van der Waals surface area contributed by atoms with Gasteiger partial charge in [-0.1, -0.05) is 13.8 Å². The van der Waals surface area contributed by atoms with Crippen LogP contribution in [-0.4, -0.2) is 27.9 Å². The number of Topliss-reactive ketones (excluding diaryl/α,β-unsaturated/α-hetero) is 2. The molecule has 4 heteroatoms. The highest BCUT2D eigenvalue weighted by Gasteiger charge is 2.73. The molecule has 134 valence electrons. The molecule has 0 aromatic heterocycles. The third-order valence-electron chi connectivity index (χ3n) is 8.88. The Balaban J connectivity index is 1.79. The third kappa shape index (κ3) is 1.71. The number of fused-ring (bicyclic) bond motifs is 5. The van der Waals surface area contributed by atoms with Crippen molar-refractivity contribution in [2.24, 2.45) is 28.6 Å². The molecule has 4 aliphatic rings. The molecule has 0 amide bonds. The van der Waals surface area contributed by atoms with Crippen molar-refractivity contribution in [2.75, 3.05) is 0 Å². The van der Waals surface area contributed by atoms with E-state index >= 15 is 4.39 Å². The average Bonchev–Trinajstić information content (AvgIpc) is 2.72. The summed E-state index contributed by atoms with van der Waals surface area (Å²) in [6, 6.07) is 0. The Labute approximate surface area is 143 Å². The number of aliphatic hydroxyl groups is 1. The quantitative estimate of drug-likeness (QED) is 0.735. The fourth-order valence-corrected chi connectivity index (χ4v) is 6.98. The Morgan fingerprint density at radius 2 is 1.71 bits per heavy atom. The number of ketones is 2. The van der Waals surface area contributed by atoms with Gasteiger partial charge in [-0.25, -0.2) is 4.39 Å². The van der Waals surface area contributed by atoms with Gasteiger partial charge in [0.05, 0.1) is 5.60 Å². The first-order valence-corrected chi connectivity index (χ1v) is 9.52. The molecular formula is C20H29FO3. The van der Waals surface area contributed by atoms with Crippen LogP contribution in [0.1, 0.15) is 72.1 Å². The first-order chi connectivity index (χ1) is 11.1. The first kappa shape index (κ1) is 16.7. The van der Waals surface area contributed by atoms with E-state index in [0.717, 1.165) is 12.8 Å². The summed E-state index contributed by atoms with van der Waals surface area (Å²) in [5, 5.41) is 10.9. The van der Waals surface area contributed by atoms with Crippen molar-refractivity contribution in [1.82, 2.24) is 0 Å². The Bertz CT molecular complexity index is 614. The highest BCUT2D eigenvalue weighted by atomic mass is 19.1.